The zero-order chi connectivity index (χ0) is 7.72. The Bertz CT molecular complexity index is 241. The van der Waals surface area contributed by atoms with Crippen molar-refractivity contribution in [3.63, 3.8) is 0 Å². The van der Waals surface area contributed by atoms with E-state index in [1.165, 1.54) is 6.07 Å². The molecule has 54 valence electrons. The molecule has 0 aliphatic heterocycles. The summed E-state index contributed by atoms with van der Waals surface area (Å²) in [5.41, 5.74) is 5.56. The van der Waals surface area contributed by atoms with Crippen molar-refractivity contribution in [2.45, 2.75) is 0 Å². The average Bonchev–Trinajstić information content (AvgIpc) is 1.82. The second kappa shape index (κ2) is 3.04. The average molecular weight is 316 g/mol. The third kappa shape index (κ3) is 1.60. The van der Waals surface area contributed by atoms with Gasteiger partial charge in [0.05, 0.1) is 5.69 Å². The van der Waals surface area contributed by atoms with Gasteiger partial charge in [-0.15, -0.1) is 0 Å². The van der Waals surface area contributed by atoms with Crippen LogP contribution in [-0.4, -0.2) is 0 Å². The molecule has 0 aliphatic rings. The van der Waals surface area contributed by atoms with Gasteiger partial charge < -0.3 is 5.73 Å². The standard InChI is InChI=1S/C6H4BrFIN/c7-3-1-4(8)6(10)5(9)2-3/h1-2H,10H2. The molecule has 1 aromatic rings. The maximum Gasteiger partial charge on any atom is 0.148 e. The molecule has 0 amide bonds. The van der Waals surface area contributed by atoms with Crippen LogP contribution in [0.5, 0.6) is 0 Å². The minimum Gasteiger partial charge on any atom is -0.395 e. The van der Waals surface area contributed by atoms with E-state index in [-0.39, 0.29) is 11.5 Å². The predicted molar refractivity (Wildman–Crippen MR) is 51.2 cm³/mol. The summed E-state index contributed by atoms with van der Waals surface area (Å²) in [6.45, 7) is 0. The molecule has 0 fully saturated rings. The summed E-state index contributed by atoms with van der Waals surface area (Å²) >= 11 is 5.13. The van der Waals surface area contributed by atoms with Crippen molar-refractivity contribution < 1.29 is 4.39 Å². The Hall–Kier alpha value is 0.160. The SMILES string of the molecule is Nc1c(F)cc(Br)cc1I. The first-order chi connectivity index (χ1) is 4.61. The molecule has 0 spiro atoms. The Balaban J connectivity index is 3.31. The highest BCUT2D eigenvalue weighted by molar-refractivity contribution is 14.1. The van der Waals surface area contributed by atoms with Gasteiger partial charge in [0.1, 0.15) is 5.82 Å². The smallest absolute Gasteiger partial charge is 0.148 e. The van der Waals surface area contributed by atoms with E-state index >= 15 is 0 Å². The van der Waals surface area contributed by atoms with Crippen LogP contribution in [0.15, 0.2) is 16.6 Å². The highest BCUT2D eigenvalue weighted by Crippen LogP contribution is 2.23. The lowest BCUT2D eigenvalue weighted by atomic mass is 10.3. The topological polar surface area (TPSA) is 26.0 Å². The molecule has 0 bridgehead atoms. The highest BCUT2D eigenvalue weighted by Gasteiger charge is 2.02. The summed E-state index contributed by atoms with van der Waals surface area (Å²) in [6.07, 6.45) is 0. The van der Waals surface area contributed by atoms with Gasteiger partial charge in [0, 0.05) is 8.04 Å². The van der Waals surface area contributed by atoms with Crippen molar-refractivity contribution in [1.29, 1.82) is 0 Å². The third-order valence-electron chi connectivity index (χ3n) is 1.04. The summed E-state index contributed by atoms with van der Waals surface area (Å²) in [7, 11) is 0. The van der Waals surface area contributed by atoms with E-state index in [4.69, 9.17) is 5.73 Å². The molecule has 4 heteroatoms. The van der Waals surface area contributed by atoms with Crippen LogP contribution in [0.4, 0.5) is 10.1 Å². The van der Waals surface area contributed by atoms with Crippen LogP contribution in [0, 0.1) is 9.39 Å². The fourth-order valence-corrected chi connectivity index (χ4v) is 2.00. The number of halogens is 3. The lowest BCUT2D eigenvalue weighted by molar-refractivity contribution is 0.631. The molecular formula is C6H4BrFIN. The van der Waals surface area contributed by atoms with Gasteiger partial charge in [-0.1, -0.05) is 15.9 Å². The van der Waals surface area contributed by atoms with Gasteiger partial charge in [-0.05, 0) is 34.7 Å². The van der Waals surface area contributed by atoms with Gasteiger partial charge in [0.2, 0.25) is 0 Å². The first-order valence-electron chi connectivity index (χ1n) is 2.51. The molecule has 0 saturated carbocycles. The van der Waals surface area contributed by atoms with Gasteiger partial charge in [-0.2, -0.15) is 0 Å². The highest BCUT2D eigenvalue weighted by atomic mass is 127. The monoisotopic (exact) mass is 315 g/mol. The number of nitrogens with two attached hydrogens (primary N) is 1. The van der Waals surface area contributed by atoms with Crippen molar-refractivity contribution in [3.05, 3.63) is 26.0 Å². The number of anilines is 1. The summed E-state index contributed by atoms with van der Waals surface area (Å²) in [6, 6.07) is 3.11. The van der Waals surface area contributed by atoms with Crippen LogP contribution >= 0.6 is 38.5 Å². The van der Waals surface area contributed by atoms with Gasteiger partial charge in [-0.25, -0.2) is 4.39 Å². The van der Waals surface area contributed by atoms with Crippen LogP contribution in [0.2, 0.25) is 0 Å². The number of hydrogen-bond acceptors (Lipinski definition) is 1. The van der Waals surface area contributed by atoms with E-state index in [1.54, 1.807) is 6.07 Å². The zero-order valence-electron chi connectivity index (χ0n) is 4.87. The second-order valence-electron chi connectivity index (χ2n) is 1.78. The maximum absolute atomic E-state index is 12.7. The van der Waals surface area contributed by atoms with Crippen molar-refractivity contribution in [3.8, 4) is 0 Å². The van der Waals surface area contributed by atoms with Gasteiger partial charge in [-0.3, -0.25) is 0 Å². The minimum absolute atomic E-state index is 0.212. The van der Waals surface area contributed by atoms with E-state index in [0.29, 0.717) is 4.47 Å². The number of hydrogen-bond donors (Lipinski definition) is 1. The fraction of sp³-hybridized carbons (Fsp3) is 0. The van der Waals surface area contributed by atoms with Crippen LogP contribution in [0.3, 0.4) is 0 Å². The number of nitrogen functional groups attached to an aromatic ring is 1. The van der Waals surface area contributed by atoms with Crippen LogP contribution < -0.4 is 5.73 Å². The normalized spacial score (nSPS) is 9.90. The van der Waals surface area contributed by atoms with Crippen LogP contribution in [0.1, 0.15) is 0 Å². The summed E-state index contributed by atoms with van der Waals surface area (Å²) in [5.74, 6) is -0.376. The van der Waals surface area contributed by atoms with Gasteiger partial charge >= 0.3 is 0 Å². The molecule has 0 heterocycles. The lowest BCUT2D eigenvalue weighted by Crippen LogP contribution is -1.93. The molecule has 1 rings (SSSR count). The third-order valence-corrected chi connectivity index (χ3v) is 2.39. The molecular weight excluding hydrogens is 312 g/mol. The molecule has 2 N–H and O–H groups in total. The Labute approximate surface area is 80.1 Å². The fourth-order valence-electron chi connectivity index (χ4n) is 0.553. The predicted octanol–water partition coefficient (Wildman–Crippen LogP) is 2.78. The molecule has 1 aromatic carbocycles. The molecule has 1 nitrogen and oxygen atoms in total. The molecule has 10 heavy (non-hydrogen) atoms. The molecule has 0 unspecified atom stereocenters. The number of benzene rings is 1. The molecule has 0 saturated heterocycles. The van der Waals surface area contributed by atoms with E-state index in [9.17, 15) is 4.39 Å². The van der Waals surface area contributed by atoms with E-state index in [1.807, 2.05) is 22.6 Å². The van der Waals surface area contributed by atoms with Crippen LogP contribution in [-0.2, 0) is 0 Å². The lowest BCUT2D eigenvalue weighted by Gasteiger charge is -1.99. The summed E-state index contributed by atoms with van der Waals surface area (Å²) in [5, 5.41) is 0. The quantitative estimate of drug-likeness (QED) is 0.578. The molecule has 0 aromatic heterocycles. The Morgan fingerprint density at radius 2 is 2.10 bits per heavy atom. The first-order valence-corrected chi connectivity index (χ1v) is 4.38. The Kier molecular flexibility index (Phi) is 2.51. The largest absolute Gasteiger partial charge is 0.395 e. The van der Waals surface area contributed by atoms with E-state index in [0.717, 1.165) is 3.57 Å². The second-order valence-corrected chi connectivity index (χ2v) is 3.86. The minimum atomic E-state index is -0.376. The summed E-state index contributed by atoms with van der Waals surface area (Å²) in [4.78, 5) is 0. The summed E-state index contributed by atoms with van der Waals surface area (Å²) < 4.78 is 14.1. The van der Waals surface area contributed by atoms with Crippen molar-refractivity contribution in [2.24, 2.45) is 0 Å². The van der Waals surface area contributed by atoms with Crippen LogP contribution in [0.25, 0.3) is 0 Å². The van der Waals surface area contributed by atoms with Crippen molar-refractivity contribution in [1.82, 2.24) is 0 Å². The zero-order valence-corrected chi connectivity index (χ0v) is 8.61. The Morgan fingerprint density at radius 3 is 2.60 bits per heavy atom. The van der Waals surface area contributed by atoms with Crippen molar-refractivity contribution in [2.75, 3.05) is 5.73 Å². The van der Waals surface area contributed by atoms with E-state index < -0.39 is 0 Å². The van der Waals surface area contributed by atoms with Gasteiger partial charge in [0.15, 0.2) is 0 Å². The maximum atomic E-state index is 12.7. The molecule has 0 aliphatic carbocycles. The Morgan fingerprint density at radius 1 is 1.50 bits per heavy atom. The van der Waals surface area contributed by atoms with Gasteiger partial charge in [0.25, 0.3) is 0 Å². The molecule has 0 atom stereocenters. The van der Waals surface area contributed by atoms with Crippen molar-refractivity contribution >= 4 is 44.2 Å². The number of rotatable bonds is 0. The van der Waals surface area contributed by atoms with E-state index in [2.05, 4.69) is 15.9 Å². The first kappa shape index (κ1) is 8.26. The molecule has 0 radical (unpaired) electrons.